The number of rotatable bonds is 5. The van der Waals surface area contributed by atoms with Crippen molar-refractivity contribution >= 4 is 23.5 Å². The van der Waals surface area contributed by atoms with Crippen molar-refractivity contribution < 1.29 is 14.4 Å². The van der Waals surface area contributed by atoms with E-state index in [1.165, 1.54) is 24.2 Å². The van der Waals surface area contributed by atoms with Crippen LogP contribution in [0.25, 0.3) is 0 Å². The normalized spacial score (nSPS) is 17.7. The molecule has 1 saturated heterocycles. The lowest BCUT2D eigenvalue weighted by Crippen LogP contribution is -2.38. The maximum absolute atomic E-state index is 12.4. The summed E-state index contributed by atoms with van der Waals surface area (Å²) in [7, 11) is 0. The van der Waals surface area contributed by atoms with Crippen LogP contribution in [0.3, 0.4) is 0 Å². The highest BCUT2D eigenvalue weighted by Gasteiger charge is 2.25. The van der Waals surface area contributed by atoms with E-state index in [0.29, 0.717) is 18.7 Å². The number of benzene rings is 1. The van der Waals surface area contributed by atoms with Gasteiger partial charge in [0, 0.05) is 30.4 Å². The molecule has 1 aliphatic heterocycles. The average Bonchev–Trinajstić information content (AvgIpc) is 3.07. The lowest BCUT2D eigenvalue weighted by molar-refractivity contribution is -0.125. The highest BCUT2D eigenvalue weighted by Crippen LogP contribution is 2.20. The number of amides is 4. The Morgan fingerprint density at radius 3 is 2.65 bits per heavy atom. The zero-order valence-corrected chi connectivity index (χ0v) is 15.1. The van der Waals surface area contributed by atoms with Gasteiger partial charge in [0.2, 0.25) is 5.91 Å². The quantitative estimate of drug-likeness (QED) is 0.751. The molecule has 0 radical (unpaired) electrons. The third kappa shape index (κ3) is 4.33. The average molecular weight is 358 g/mol. The number of carbonyl (C=O) groups is 3. The van der Waals surface area contributed by atoms with Gasteiger partial charge < -0.3 is 16.0 Å². The van der Waals surface area contributed by atoms with E-state index in [2.05, 4.69) is 16.0 Å². The minimum absolute atomic E-state index is 0.0435. The molecule has 0 unspecified atom stereocenters. The highest BCUT2D eigenvalue weighted by molar-refractivity contribution is 5.98. The fourth-order valence-corrected chi connectivity index (χ4v) is 3.49. The van der Waals surface area contributed by atoms with E-state index in [9.17, 15) is 14.4 Å². The van der Waals surface area contributed by atoms with E-state index in [1.54, 1.807) is 6.07 Å². The molecule has 4 amide bonds. The van der Waals surface area contributed by atoms with Crippen LogP contribution in [0, 0.1) is 6.92 Å². The third-order valence-corrected chi connectivity index (χ3v) is 5.02. The number of anilines is 1. The summed E-state index contributed by atoms with van der Waals surface area (Å²) in [5.41, 5.74) is 2.30. The van der Waals surface area contributed by atoms with Gasteiger partial charge in [0.1, 0.15) is 0 Å². The Morgan fingerprint density at radius 2 is 2.00 bits per heavy atom. The second-order valence-electron chi connectivity index (χ2n) is 6.97. The molecule has 26 heavy (non-hydrogen) atoms. The van der Waals surface area contributed by atoms with Crippen molar-refractivity contribution in [2.75, 3.05) is 25.0 Å². The van der Waals surface area contributed by atoms with Crippen LogP contribution >= 0.6 is 0 Å². The van der Waals surface area contributed by atoms with Gasteiger partial charge in [-0.3, -0.25) is 14.5 Å². The van der Waals surface area contributed by atoms with Crippen molar-refractivity contribution in [1.29, 1.82) is 0 Å². The number of hydrogen-bond acceptors (Lipinski definition) is 4. The molecule has 2 fully saturated rings. The van der Waals surface area contributed by atoms with Crippen LogP contribution in [0.5, 0.6) is 0 Å². The minimum Gasteiger partial charge on any atom is -0.376 e. The number of urea groups is 1. The second-order valence-corrected chi connectivity index (χ2v) is 6.97. The number of aryl methyl sites for hydroxylation is 1. The molecule has 1 saturated carbocycles. The lowest BCUT2D eigenvalue weighted by atomic mass is 9.95. The van der Waals surface area contributed by atoms with Crippen molar-refractivity contribution in [3.63, 3.8) is 0 Å². The first kappa shape index (κ1) is 18.2. The zero-order chi connectivity index (χ0) is 18.5. The van der Waals surface area contributed by atoms with Gasteiger partial charge in [-0.05, 0) is 43.5 Å². The molecule has 3 rings (SSSR count). The molecule has 0 spiro atoms. The van der Waals surface area contributed by atoms with Crippen LogP contribution in [0.2, 0.25) is 0 Å². The first-order valence-electron chi connectivity index (χ1n) is 9.28. The molecule has 0 bridgehead atoms. The number of hydrogen-bond donors (Lipinski definition) is 3. The van der Waals surface area contributed by atoms with Gasteiger partial charge in [-0.1, -0.05) is 19.3 Å². The standard InChI is InChI=1S/C19H26N4O3/c1-13-11-14(18(25)22-15-5-3-2-4-6-15)7-8-16(13)21-12-17(24)23-10-9-20-19(23)26/h7-8,11,15,21H,2-6,9-10,12H2,1H3,(H,20,26)(H,22,25). The zero-order valence-electron chi connectivity index (χ0n) is 15.1. The van der Waals surface area contributed by atoms with Crippen molar-refractivity contribution in [1.82, 2.24) is 15.5 Å². The van der Waals surface area contributed by atoms with Gasteiger partial charge in [-0.15, -0.1) is 0 Å². The Bertz CT molecular complexity index is 698. The van der Waals surface area contributed by atoms with Gasteiger partial charge >= 0.3 is 6.03 Å². The van der Waals surface area contributed by atoms with E-state index in [1.807, 2.05) is 19.1 Å². The number of carbonyl (C=O) groups excluding carboxylic acids is 3. The van der Waals surface area contributed by atoms with E-state index in [-0.39, 0.29) is 30.4 Å². The minimum atomic E-state index is -0.344. The van der Waals surface area contributed by atoms with Crippen LogP contribution in [0.1, 0.15) is 48.0 Å². The van der Waals surface area contributed by atoms with Crippen LogP contribution < -0.4 is 16.0 Å². The van der Waals surface area contributed by atoms with Crippen LogP contribution in [0.4, 0.5) is 10.5 Å². The van der Waals surface area contributed by atoms with Crippen LogP contribution in [0.15, 0.2) is 18.2 Å². The Morgan fingerprint density at radius 1 is 1.23 bits per heavy atom. The smallest absolute Gasteiger partial charge is 0.324 e. The highest BCUT2D eigenvalue weighted by atomic mass is 16.2. The van der Waals surface area contributed by atoms with E-state index < -0.39 is 0 Å². The van der Waals surface area contributed by atoms with E-state index in [4.69, 9.17) is 0 Å². The van der Waals surface area contributed by atoms with Gasteiger partial charge in [0.25, 0.3) is 5.91 Å². The number of nitrogens with one attached hydrogen (secondary N) is 3. The molecule has 3 N–H and O–H groups in total. The lowest BCUT2D eigenvalue weighted by Gasteiger charge is -2.23. The molecule has 0 atom stereocenters. The largest absolute Gasteiger partial charge is 0.376 e. The van der Waals surface area contributed by atoms with E-state index in [0.717, 1.165) is 24.1 Å². The number of nitrogens with zero attached hydrogens (tertiary/aromatic N) is 1. The molecular weight excluding hydrogens is 332 g/mol. The summed E-state index contributed by atoms with van der Waals surface area (Å²) in [6, 6.07) is 5.33. The second kappa shape index (κ2) is 8.21. The SMILES string of the molecule is Cc1cc(C(=O)NC2CCCCC2)ccc1NCC(=O)N1CCNC1=O. The molecule has 0 aromatic heterocycles. The molecule has 2 aliphatic rings. The maximum Gasteiger partial charge on any atom is 0.324 e. The summed E-state index contributed by atoms with van der Waals surface area (Å²) < 4.78 is 0. The monoisotopic (exact) mass is 358 g/mol. The first-order chi connectivity index (χ1) is 12.5. The van der Waals surface area contributed by atoms with Crippen LogP contribution in [-0.4, -0.2) is 48.4 Å². The first-order valence-corrected chi connectivity index (χ1v) is 9.28. The molecule has 7 heteroatoms. The number of imide groups is 1. The fourth-order valence-electron chi connectivity index (χ4n) is 3.49. The summed E-state index contributed by atoms with van der Waals surface area (Å²) in [4.78, 5) is 37.2. The fraction of sp³-hybridized carbons (Fsp3) is 0.526. The maximum atomic E-state index is 12.4. The summed E-state index contributed by atoms with van der Waals surface area (Å²) in [6.07, 6.45) is 5.71. The molecular formula is C19H26N4O3. The molecule has 1 aromatic carbocycles. The Labute approximate surface area is 153 Å². The molecule has 1 aromatic rings. The summed E-state index contributed by atoms with van der Waals surface area (Å²) in [6.45, 7) is 2.83. The van der Waals surface area contributed by atoms with Gasteiger partial charge in [0.05, 0.1) is 6.54 Å². The summed E-state index contributed by atoms with van der Waals surface area (Å²) >= 11 is 0. The molecule has 140 valence electrons. The predicted octanol–water partition coefficient (Wildman–Crippen LogP) is 2.02. The molecule has 1 heterocycles. The Hall–Kier alpha value is -2.57. The topological polar surface area (TPSA) is 90.5 Å². The Balaban J connectivity index is 1.55. The third-order valence-electron chi connectivity index (χ3n) is 5.02. The van der Waals surface area contributed by atoms with Crippen molar-refractivity contribution in [3.8, 4) is 0 Å². The van der Waals surface area contributed by atoms with Crippen molar-refractivity contribution in [3.05, 3.63) is 29.3 Å². The van der Waals surface area contributed by atoms with Gasteiger partial charge in [0.15, 0.2) is 0 Å². The molecule has 7 nitrogen and oxygen atoms in total. The molecule has 1 aliphatic carbocycles. The Kier molecular flexibility index (Phi) is 5.75. The van der Waals surface area contributed by atoms with Gasteiger partial charge in [-0.25, -0.2) is 4.79 Å². The predicted molar refractivity (Wildman–Crippen MR) is 99.1 cm³/mol. The van der Waals surface area contributed by atoms with Gasteiger partial charge in [-0.2, -0.15) is 0 Å². The summed E-state index contributed by atoms with van der Waals surface area (Å²) in [5.74, 6) is -0.310. The summed E-state index contributed by atoms with van der Waals surface area (Å²) in [5, 5.41) is 8.77. The van der Waals surface area contributed by atoms with Crippen LogP contribution in [-0.2, 0) is 4.79 Å². The van der Waals surface area contributed by atoms with Crippen molar-refractivity contribution in [2.24, 2.45) is 0 Å². The van der Waals surface area contributed by atoms with Crippen molar-refractivity contribution in [2.45, 2.75) is 45.1 Å². The van der Waals surface area contributed by atoms with E-state index >= 15 is 0 Å².